The lowest BCUT2D eigenvalue weighted by atomic mass is 10.3. The summed E-state index contributed by atoms with van der Waals surface area (Å²) >= 11 is 5.48. The molecule has 0 spiro atoms. The maximum atomic E-state index is 5.48. The lowest BCUT2D eigenvalue weighted by molar-refractivity contribution is 0.347. The number of thiocarbonyl (C=S) groups is 1. The van der Waals surface area contributed by atoms with Gasteiger partial charge in [-0.15, -0.1) is 0 Å². The number of likely N-dealkylation sites (N-methyl/N-ethyl adjacent to an activating group) is 1. The van der Waals surface area contributed by atoms with Crippen LogP contribution in [0, 0.1) is 0 Å². The molecule has 1 saturated heterocycles. The Morgan fingerprint density at radius 1 is 1.16 bits per heavy atom. The molecule has 1 N–H and O–H groups in total. The first-order valence-corrected chi connectivity index (χ1v) is 6.98. The first kappa shape index (κ1) is 14.1. The normalized spacial score (nSPS) is 16.8. The first-order chi connectivity index (χ1) is 9.19. The molecule has 1 heterocycles. The van der Waals surface area contributed by atoms with E-state index in [0.717, 1.165) is 49.1 Å². The lowest BCUT2D eigenvalue weighted by Crippen LogP contribution is -2.37. The fourth-order valence-electron chi connectivity index (χ4n) is 2.13. The van der Waals surface area contributed by atoms with Gasteiger partial charge in [-0.05, 0) is 56.5 Å². The second kappa shape index (κ2) is 6.73. The number of benzene rings is 1. The minimum absolute atomic E-state index is 0.806. The van der Waals surface area contributed by atoms with Crippen LogP contribution in [0.4, 0.5) is 5.69 Å². The van der Waals surface area contributed by atoms with Crippen LogP contribution in [0.15, 0.2) is 24.3 Å². The van der Waals surface area contributed by atoms with E-state index in [2.05, 4.69) is 22.2 Å². The van der Waals surface area contributed by atoms with E-state index in [0.29, 0.717) is 0 Å². The van der Waals surface area contributed by atoms with Gasteiger partial charge >= 0.3 is 0 Å². The molecular weight excluding hydrogens is 258 g/mol. The number of methoxy groups -OCH3 is 1. The van der Waals surface area contributed by atoms with Crippen molar-refractivity contribution in [3.63, 3.8) is 0 Å². The fourth-order valence-corrected chi connectivity index (χ4v) is 2.43. The molecule has 4 nitrogen and oxygen atoms in total. The van der Waals surface area contributed by atoms with Crippen LogP contribution in [0.2, 0.25) is 0 Å². The molecule has 0 saturated carbocycles. The average molecular weight is 279 g/mol. The quantitative estimate of drug-likeness (QED) is 0.836. The van der Waals surface area contributed by atoms with Crippen molar-refractivity contribution in [3.8, 4) is 5.75 Å². The summed E-state index contributed by atoms with van der Waals surface area (Å²) in [5.41, 5.74) is 1.00. The summed E-state index contributed by atoms with van der Waals surface area (Å²) in [6, 6.07) is 7.83. The summed E-state index contributed by atoms with van der Waals surface area (Å²) in [6.45, 7) is 4.21. The van der Waals surface area contributed by atoms with Gasteiger partial charge < -0.3 is 19.9 Å². The molecule has 1 aromatic carbocycles. The molecule has 0 bridgehead atoms. The van der Waals surface area contributed by atoms with E-state index in [9.17, 15) is 0 Å². The summed E-state index contributed by atoms with van der Waals surface area (Å²) in [4.78, 5) is 4.58. The maximum absolute atomic E-state index is 5.48. The molecule has 1 aromatic rings. The molecule has 104 valence electrons. The van der Waals surface area contributed by atoms with E-state index in [-0.39, 0.29) is 0 Å². The van der Waals surface area contributed by atoms with Crippen LogP contribution in [0.25, 0.3) is 0 Å². The predicted molar refractivity (Wildman–Crippen MR) is 82.9 cm³/mol. The number of hydrogen-bond donors (Lipinski definition) is 1. The van der Waals surface area contributed by atoms with Gasteiger partial charge in [0.05, 0.1) is 7.11 Å². The smallest absolute Gasteiger partial charge is 0.173 e. The number of hydrogen-bond acceptors (Lipinski definition) is 3. The topological polar surface area (TPSA) is 27.7 Å². The molecular formula is C14H21N3OS. The van der Waals surface area contributed by atoms with Gasteiger partial charge in [-0.2, -0.15) is 0 Å². The third-order valence-electron chi connectivity index (χ3n) is 3.35. The zero-order valence-corrected chi connectivity index (χ0v) is 12.4. The number of nitrogens with zero attached hydrogens (tertiary/aromatic N) is 2. The summed E-state index contributed by atoms with van der Waals surface area (Å²) in [5, 5.41) is 4.09. The summed E-state index contributed by atoms with van der Waals surface area (Å²) < 4.78 is 5.14. The van der Waals surface area contributed by atoms with Crippen LogP contribution in [-0.2, 0) is 0 Å². The van der Waals surface area contributed by atoms with Gasteiger partial charge in [0.15, 0.2) is 5.11 Å². The zero-order valence-electron chi connectivity index (χ0n) is 11.6. The SMILES string of the molecule is COc1ccc(NC(=S)N2CCCN(C)CC2)cc1. The Hall–Kier alpha value is -1.33. The number of nitrogens with one attached hydrogen (secondary N) is 1. The van der Waals surface area contributed by atoms with E-state index in [1.54, 1.807) is 7.11 Å². The number of anilines is 1. The van der Waals surface area contributed by atoms with Crippen molar-refractivity contribution in [2.75, 3.05) is 45.7 Å². The molecule has 19 heavy (non-hydrogen) atoms. The van der Waals surface area contributed by atoms with Gasteiger partial charge in [-0.3, -0.25) is 0 Å². The summed E-state index contributed by atoms with van der Waals surface area (Å²) in [5.74, 6) is 0.855. The van der Waals surface area contributed by atoms with Gasteiger partial charge in [0.1, 0.15) is 5.75 Å². The minimum atomic E-state index is 0.806. The monoisotopic (exact) mass is 279 g/mol. The van der Waals surface area contributed by atoms with Crippen molar-refractivity contribution in [3.05, 3.63) is 24.3 Å². The van der Waals surface area contributed by atoms with E-state index >= 15 is 0 Å². The molecule has 2 rings (SSSR count). The Labute approximate surface area is 120 Å². The second-order valence-electron chi connectivity index (χ2n) is 4.80. The minimum Gasteiger partial charge on any atom is -0.497 e. The van der Waals surface area contributed by atoms with Gasteiger partial charge in [0.25, 0.3) is 0 Å². The van der Waals surface area contributed by atoms with E-state index in [1.807, 2.05) is 24.3 Å². The standard InChI is InChI=1S/C14H21N3OS/c1-16-8-3-9-17(11-10-16)14(19)15-12-4-6-13(18-2)7-5-12/h4-7H,3,8-11H2,1-2H3,(H,15,19). The van der Waals surface area contributed by atoms with Crippen molar-refractivity contribution < 1.29 is 4.74 Å². The highest BCUT2D eigenvalue weighted by atomic mass is 32.1. The lowest BCUT2D eigenvalue weighted by Gasteiger charge is -2.24. The summed E-state index contributed by atoms with van der Waals surface area (Å²) in [6.07, 6.45) is 1.15. The first-order valence-electron chi connectivity index (χ1n) is 6.57. The Kier molecular flexibility index (Phi) is 4.99. The molecule has 1 aliphatic heterocycles. The highest BCUT2D eigenvalue weighted by Gasteiger charge is 2.14. The molecule has 0 radical (unpaired) electrons. The van der Waals surface area contributed by atoms with Crippen molar-refractivity contribution in [2.45, 2.75) is 6.42 Å². The Bertz CT molecular complexity index is 421. The van der Waals surface area contributed by atoms with Crippen LogP contribution < -0.4 is 10.1 Å². The maximum Gasteiger partial charge on any atom is 0.173 e. The van der Waals surface area contributed by atoms with Gasteiger partial charge in [-0.25, -0.2) is 0 Å². The van der Waals surface area contributed by atoms with Crippen LogP contribution in [0.5, 0.6) is 5.75 Å². The van der Waals surface area contributed by atoms with Crippen LogP contribution in [0.3, 0.4) is 0 Å². The molecule has 0 amide bonds. The molecule has 5 heteroatoms. The van der Waals surface area contributed by atoms with Crippen LogP contribution in [-0.4, -0.2) is 55.2 Å². The number of ether oxygens (including phenoxy) is 1. The van der Waals surface area contributed by atoms with Gasteiger partial charge in [0, 0.05) is 25.3 Å². The highest BCUT2D eigenvalue weighted by molar-refractivity contribution is 7.80. The van der Waals surface area contributed by atoms with Crippen LogP contribution >= 0.6 is 12.2 Å². The van der Waals surface area contributed by atoms with Crippen molar-refractivity contribution in [2.24, 2.45) is 0 Å². The molecule has 1 fully saturated rings. The Balaban J connectivity index is 1.92. The molecule has 0 unspecified atom stereocenters. The molecule has 0 aliphatic carbocycles. The van der Waals surface area contributed by atoms with E-state index < -0.39 is 0 Å². The molecule has 0 atom stereocenters. The summed E-state index contributed by atoms with van der Waals surface area (Å²) in [7, 11) is 3.82. The molecule has 0 aromatic heterocycles. The number of rotatable bonds is 2. The zero-order chi connectivity index (χ0) is 13.7. The van der Waals surface area contributed by atoms with Crippen molar-refractivity contribution >= 4 is 23.0 Å². The largest absolute Gasteiger partial charge is 0.497 e. The average Bonchev–Trinajstić information content (AvgIpc) is 2.64. The van der Waals surface area contributed by atoms with E-state index in [4.69, 9.17) is 17.0 Å². The van der Waals surface area contributed by atoms with E-state index in [1.165, 1.54) is 0 Å². The Morgan fingerprint density at radius 3 is 2.58 bits per heavy atom. The van der Waals surface area contributed by atoms with Crippen LogP contribution in [0.1, 0.15) is 6.42 Å². The second-order valence-corrected chi connectivity index (χ2v) is 5.19. The van der Waals surface area contributed by atoms with Gasteiger partial charge in [-0.1, -0.05) is 0 Å². The fraction of sp³-hybridized carbons (Fsp3) is 0.500. The third kappa shape index (κ3) is 4.08. The van der Waals surface area contributed by atoms with Crippen molar-refractivity contribution in [1.82, 2.24) is 9.80 Å². The predicted octanol–water partition coefficient (Wildman–Crippen LogP) is 2.03. The Morgan fingerprint density at radius 2 is 1.89 bits per heavy atom. The highest BCUT2D eigenvalue weighted by Crippen LogP contribution is 2.15. The van der Waals surface area contributed by atoms with Gasteiger partial charge in [0.2, 0.25) is 0 Å². The van der Waals surface area contributed by atoms with Crippen molar-refractivity contribution in [1.29, 1.82) is 0 Å². The molecule has 1 aliphatic rings. The third-order valence-corrected chi connectivity index (χ3v) is 3.71.